The van der Waals surface area contributed by atoms with Crippen LogP contribution in [-0.4, -0.2) is 17.9 Å². The Morgan fingerprint density at radius 3 is 2.30 bits per heavy atom. The van der Waals surface area contributed by atoms with Crippen LogP contribution in [0.4, 0.5) is 24.5 Å². The van der Waals surface area contributed by atoms with Crippen LogP contribution in [0, 0.1) is 5.92 Å². The Labute approximate surface area is 154 Å². The van der Waals surface area contributed by atoms with Crippen molar-refractivity contribution in [1.29, 1.82) is 0 Å². The first-order chi connectivity index (χ1) is 12.6. The van der Waals surface area contributed by atoms with Crippen molar-refractivity contribution in [3.63, 3.8) is 0 Å². The molecular formula is C19H20F3N3O2. The van der Waals surface area contributed by atoms with Crippen LogP contribution < -0.4 is 16.4 Å². The van der Waals surface area contributed by atoms with Gasteiger partial charge in [0.05, 0.1) is 22.7 Å². The van der Waals surface area contributed by atoms with Crippen molar-refractivity contribution < 1.29 is 22.8 Å². The second kappa shape index (κ2) is 8.22. The molecule has 144 valence electrons. The van der Waals surface area contributed by atoms with Gasteiger partial charge in [0.15, 0.2) is 0 Å². The van der Waals surface area contributed by atoms with Gasteiger partial charge >= 0.3 is 6.18 Å². The number of para-hydroxylation sites is 1. The van der Waals surface area contributed by atoms with E-state index in [2.05, 4.69) is 10.6 Å². The average molecular weight is 379 g/mol. The number of nitrogens with two attached hydrogens (primary N) is 1. The Hall–Kier alpha value is -2.87. The van der Waals surface area contributed by atoms with Gasteiger partial charge in [-0.3, -0.25) is 9.59 Å². The molecule has 0 saturated heterocycles. The lowest BCUT2D eigenvalue weighted by Crippen LogP contribution is -2.34. The minimum Gasteiger partial charge on any atom is -0.327 e. The summed E-state index contributed by atoms with van der Waals surface area (Å²) in [5.41, 5.74) is 5.21. The minimum atomic E-state index is -4.51. The monoisotopic (exact) mass is 379 g/mol. The third-order valence-corrected chi connectivity index (χ3v) is 4.08. The predicted molar refractivity (Wildman–Crippen MR) is 97.3 cm³/mol. The molecule has 0 aliphatic carbocycles. The molecule has 2 unspecified atom stereocenters. The van der Waals surface area contributed by atoms with Gasteiger partial charge in [-0.15, -0.1) is 0 Å². The van der Waals surface area contributed by atoms with Gasteiger partial charge in [0.25, 0.3) is 5.91 Å². The van der Waals surface area contributed by atoms with Gasteiger partial charge in [-0.1, -0.05) is 25.1 Å². The molecule has 0 saturated carbocycles. The quantitative estimate of drug-likeness (QED) is 0.737. The molecule has 2 aromatic carbocycles. The summed E-state index contributed by atoms with van der Waals surface area (Å²) in [4.78, 5) is 24.7. The number of nitrogens with one attached hydrogen (secondary N) is 2. The van der Waals surface area contributed by atoms with Crippen LogP contribution in [0.25, 0.3) is 0 Å². The fraction of sp³-hybridized carbons (Fsp3) is 0.263. The van der Waals surface area contributed by atoms with Crippen molar-refractivity contribution in [2.45, 2.75) is 26.1 Å². The number of carbonyl (C=O) groups excluding carboxylic acids is 2. The number of carbonyl (C=O) groups is 2. The summed E-state index contributed by atoms with van der Waals surface area (Å²) in [6.45, 7) is 3.35. The van der Waals surface area contributed by atoms with E-state index in [1.54, 1.807) is 26.0 Å². The van der Waals surface area contributed by atoms with Crippen LogP contribution in [-0.2, 0) is 11.0 Å². The lowest BCUT2D eigenvalue weighted by Gasteiger charge is -2.17. The highest BCUT2D eigenvalue weighted by Crippen LogP contribution is 2.31. The van der Waals surface area contributed by atoms with E-state index in [1.807, 2.05) is 0 Å². The second-order valence-electron chi connectivity index (χ2n) is 6.22. The third-order valence-electron chi connectivity index (χ3n) is 4.08. The molecule has 2 aromatic rings. The summed E-state index contributed by atoms with van der Waals surface area (Å²) in [5.74, 6) is -1.48. The minimum absolute atomic E-state index is 0.0000898. The number of anilines is 2. The van der Waals surface area contributed by atoms with Gasteiger partial charge in [0.2, 0.25) is 5.91 Å². The lowest BCUT2D eigenvalue weighted by atomic mass is 10.0. The van der Waals surface area contributed by atoms with E-state index in [0.717, 1.165) is 12.1 Å². The lowest BCUT2D eigenvalue weighted by molar-refractivity contribution is -0.137. The summed E-state index contributed by atoms with van der Waals surface area (Å²) < 4.78 is 38.4. The molecule has 0 radical (unpaired) electrons. The summed E-state index contributed by atoms with van der Waals surface area (Å²) in [7, 11) is 0. The molecule has 8 heteroatoms. The molecule has 0 aromatic heterocycles. The topological polar surface area (TPSA) is 84.2 Å². The molecule has 4 N–H and O–H groups in total. The molecule has 0 aliphatic heterocycles. The van der Waals surface area contributed by atoms with E-state index in [4.69, 9.17) is 5.73 Å². The van der Waals surface area contributed by atoms with Crippen molar-refractivity contribution >= 4 is 23.2 Å². The molecule has 0 aliphatic rings. The summed E-state index contributed by atoms with van der Waals surface area (Å²) in [5, 5.41) is 5.06. The molecule has 0 spiro atoms. The molecule has 5 nitrogen and oxygen atoms in total. The summed E-state index contributed by atoms with van der Waals surface area (Å²) in [6.07, 6.45) is -4.51. The fourth-order valence-electron chi connectivity index (χ4n) is 2.25. The highest BCUT2D eigenvalue weighted by atomic mass is 19.4. The van der Waals surface area contributed by atoms with Crippen molar-refractivity contribution in [2.75, 3.05) is 10.6 Å². The molecule has 0 heterocycles. The molecule has 0 fully saturated rings. The predicted octanol–water partition coefficient (Wildman–Crippen LogP) is 3.88. The van der Waals surface area contributed by atoms with E-state index < -0.39 is 23.6 Å². The number of halogens is 3. The first kappa shape index (κ1) is 20.4. The number of benzene rings is 2. The number of rotatable bonds is 5. The Morgan fingerprint density at radius 1 is 1.00 bits per heavy atom. The van der Waals surface area contributed by atoms with E-state index in [-0.39, 0.29) is 28.9 Å². The first-order valence-electron chi connectivity index (χ1n) is 8.23. The van der Waals surface area contributed by atoms with Crippen LogP contribution in [0.1, 0.15) is 29.8 Å². The maximum absolute atomic E-state index is 12.8. The number of amides is 2. The largest absolute Gasteiger partial charge is 0.416 e. The Balaban J connectivity index is 2.22. The SMILES string of the molecule is CC(N)C(C)C(=O)Nc1ccccc1C(=O)Nc1cccc(C(F)(F)F)c1. The maximum atomic E-state index is 12.8. The van der Waals surface area contributed by atoms with Gasteiger partial charge in [-0.05, 0) is 37.3 Å². The summed E-state index contributed by atoms with van der Waals surface area (Å²) in [6, 6.07) is 10.2. The molecule has 2 atom stereocenters. The molecule has 2 rings (SSSR count). The second-order valence-corrected chi connectivity index (χ2v) is 6.22. The molecule has 27 heavy (non-hydrogen) atoms. The zero-order chi connectivity index (χ0) is 20.2. The molecule has 0 bridgehead atoms. The van der Waals surface area contributed by atoms with E-state index >= 15 is 0 Å². The van der Waals surface area contributed by atoms with Crippen molar-refractivity contribution in [2.24, 2.45) is 11.7 Å². The van der Waals surface area contributed by atoms with E-state index in [0.29, 0.717) is 0 Å². The summed E-state index contributed by atoms with van der Waals surface area (Å²) >= 11 is 0. The van der Waals surface area contributed by atoms with Crippen LogP contribution in [0.3, 0.4) is 0 Å². The first-order valence-corrected chi connectivity index (χ1v) is 8.23. The van der Waals surface area contributed by atoms with Gasteiger partial charge < -0.3 is 16.4 Å². The number of alkyl halides is 3. The number of hydrogen-bond acceptors (Lipinski definition) is 3. The molecule has 2 amide bonds. The van der Waals surface area contributed by atoms with Crippen molar-refractivity contribution in [3.05, 3.63) is 59.7 Å². The fourth-order valence-corrected chi connectivity index (χ4v) is 2.25. The highest BCUT2D eigenvalue weighted by Gasteiger charge is 2.30. The zero-order valence-corrected chi connectivity index (χ0v) is 14.8. The van der Waals surface area contributed by atoms with Crippen molar-refractivity contribution in [3.8, 4) is 0 Å². The highest BCUT2D eigenvalue weighted by molar-refractivity contribution is 6.10. The Bertz CT molecular complexity index is 835. The zero-order valence-electron chi connectivity index (χ0n) is 14.8. The van der Waals surface area contributed by atoms with Gasteiger partial charge in [0, 0.05) is 11.7 Å². The van der Waals surface area contributed by atoms with E-state index in [1.165, 1.54) is 24.3 Å². The van der Waals surface area contributed by atoms with Crippen LogP contribution >= 0.6 is 0 Å². The average Bonchev–Trinajstić information content (AvgIpc) is 2.60. The standard InChI is InChI=1S/C19H20F3N3O2/c1-11(12(2)23)17(26)25-16-9-4-3-8-15(16)18(27)24-14-7-5-6-13(10-14)19(20,21)22/h3-12H,23H2,1-2H3,(H,24,27)(H,25,26). The van der Waals surface area contributed by atoms with Crippen molar-refractivity contribution in [1.82, 2.24) is 0 Å². The smallest absolute Gasteiger partial charge is 0.327 e. The van der Waals surface area contributed by atoms with Crippen LogP contribution in [0.15, 0.2) is 48.5 Å². The maximum Gasteiger partial charge on any atom is 0.416 e. The molecular weight excluding hydrogens is 359 g/mol. The third kappa shape index (κ3) is 5.30. The van der Waals surface area contributed by atoms with Gasteiger partial charge in [-0.2, -0.15) is 13.2 Å². The number of hydrogen-bond donors (Lipinski definition) is 3. The van der Waals surface area contributed by atoms with Gasteiger partial charge in [-0.25, -0.2) is 0 Å². The Kier molecular flexibility index (Phi) is 6.22. The van der Waals surface area contributed by atoms with Crippen LogP contribution in [0.2, 0.25) is 0 Å². The normalized spacial score (nSPS) is 13.6. The van der Waals surface area contributed by atoms with E-state index in [9.17, 15) is 22.8 Å². The van der Waals surface area contributed by atoms with Crippen LogP contribution in [0.5, 0.6) is 0 Å². The Morgan fingerprint density at radius 2 is 1.67 bits per heavy atom. The van der Waals surface area contributed by atoms with Gasteiger partial charge in [0.1, 0.15) is 0 Å².